The highest BCUT2D eigenvalue weighted by molar-refractivity contribution is 7.10. The Morgan fingerprint density at radius 3 is 2.94 bits per heavy atom. The van der Waals surface area contributed by atoms with E-state index in [2.05, 4.69) is 15.6 Å². The normalized spacial score (nSPS) is 10.1. The Bertz CT molecular complexity index is 551. The highest BCUT2D eigenvalue weighted by Gasteiger charge is 2.06. The lowest BCUT2D eigenvalue weighted by molar-refractivity contribution is -0.114. The molecule has 2 rings (SSSR count). The number of hydrogen-bond donors (Lipinski definition) is 2. The third-order valence-electron chi connectivity index (χ3n) is 2.50. The van der Waals surface area contributed by atoms with Gasteiger partial charge in [-0.05, 0) is 30.5 Å². The molecule has 4 nitrogen and oxygen atoms in total. The Morgan fingerprint density at radius 2 is 2.22 bits per heavy atom. The number of thiophene rings is 1. The second-order valence-electron chi connectivity index (χ2n) is 3.93. The first-order chi connectivity index (χ1) is 8.66. The largest absolute Gasteiger partial charge is 0.379 e. The fourth-order valence-corrected chi connectivity index (χ4v) is 2.40. The number of carbonyl (C=O) groups is 1. The highest BCUT2D eigenvalue weighted by atomic mass is 32.1. The lowest BCUT2D eigenvalue weighted by atomic mass is 10.3. The number of pyridine rings is 1. The fourth-order valence-electron chi connectivity index (χ4n) is 1.63. The van der Waals surface area contributed by atoms with Gasteiger partial charge in [0.15, 0.2) is 0 Å². The molecule has 0 saturated heterocycles. The summed E-state index contributed by atoms with van der Waals surface area (Å²) < 4.78 is 0. The SMILES string of the molecule is CC(=O)Nc1ccsc1CNc1cccnc1C. The van der Waals surface area contributed by atoms with Gasteiger partial charge in [-0.15, -0.1) is 11.3 Å². The van der Waals surface area contributed by atoms with Crippen LogP contribution in [0.2, 0.25) is 0 Å². The molecule has 0 aliphatic heterocycles. The van der Waals surface area contributed by atoms with Crippen molar-refractivity contribution in [1.82, 2.24) is 4.98 Å². The summed E-state index contributed by atoms with van der Waals surface area (Å²) >= 11 is 1.62. The van der Waals surface area contributed by atoms with Crippen molar-refractivity contribution < 1.29 is 4.79 Å². The Balaban J connectivity index is 2.05. The topological polar surface area (TPSA) is 54.0 Å². The van der Waals surface area contributed by atoms with Crippen LogP contribution in [0.15, 0.2) is 29.8 Å². The van der Waals surface area contributed by atoms with Gasteiger partial charge in [0, 0.05) is 18.0 Å². The summed E-state index contributed by atoms with van der Waals surface area (Å²) in [7, 11) is 0. The number of hydrogen-bond acceptors (Lipinski definition) is 4. The number of aromatic nitrogens is 1. The molecule has 2 N–H and O–H groups in total. The van der Waals surface area contributed by atoms with Gasteiger partial charge in [-0.1, -0.05) is 0 Å². The van der Waals surface area contributed by atoms with E-state index in [1.807, 2.05) is 30.5 Å². The lowest BCUT2D eigenvalue weighted by Gasteiger charge is -2.09. The molecule has 0 unspecified atom stereocenters. The van der Waals surface area contributed by atoms with Crippen LogP contribution in [0.4, 0.5) is 11.4 Å². The minimum Gasteiger partial charge on any atom is -0.379 e. The first-order valence-electron chi connectivity index (χ1n) is 5.66. The predicted octanol–water partition coefficient (Wildman–Crippen LogP) is 3.02. The average molecular weight is 261 g/mol. The molecule has 2 aromatic rings. The van der Waals surface area contributed by atoms with E-state index in [4.69, 9.17) is 0 Å². The molecule has 0 aliphatic rings. The Morgan fingerprint density at radius 1 is 1.39 bits per heavy atom. The van der Waals surface area contributed by atoms with E-state index >= 15 is 0 Å². The van der Waals surface area contributed by atoms with Crippen LogP contribution in [0.3, 0.4) is 0 Å². The van der Waals surface area contributed by atoms with Crippen molar-refractivity contribution in [2.24, 2.45) is 0 Å². The van der Waals surface area contributed by atoms with Crippen molar-refractivity contribution in [3.63, 3.8) is 0 Å². The molecule has 0 radical (unpaired) electrons. The second-order valence-corrected chi connectivity index (χ2v) is 4.93. The number of amides is 1. The molecule has 0 saturated carbocycles. The quantitative estimate of drug-likeness (QED) is 0.889. The van der Waals surface area contributed by atoms with Crippen LogP contribution in [0.1, 0.15) is 17.5 Å². The van der Waals surface area contributed by atoms with Crippen molar-refractivity contribution in [3.05, 3.63) is 40.3 Å². The first kappa shape index (κ1) is 12.6. The van der Waals surface area contributed by atoms with Crippen LogP contribution in [0, 0.1) is 6.92 Å². The molecule has 2 heterocycles. The van der Waals surface area contributed by atoms with Gasteiger partial charge in [0.25, 0.3) is 0 Å². The molecule has 2 aromatic heterocycles. The molecule has 0 atom stereocenters. The number of nitrogens with zero attached hydrogens (tertiary/aromatic N) is 1. The number of anilines is 2. The molecule has 0 bridgehead atoms. The van der Waals surface area contributed by atoms with Gasteiger partial charge in [0.2, 0.25) is 5.91 Å². The van der Waals surface area contributed by atoms with Crippen molar-refractivity contribution in [2.45, 2.75) is 20.4 Å². The van der Waals surface area contributed by atoms with E-state index in [0.29, 0.717) is 6.54 Å². The lowest BCUT2D eigenvalue weighted by Crippen LogP contribution is -2.08. The van der Waals surface area contributed by atoms with Crippen molar-refractivity contribution >= 4 is 28.6 Å². The van der Waals surface area contributed by atoms with Gasteiger partial charge in [0.1, 0.15) is 0 Å². The van der Waals surface area contributed by atoms with Crippen molar-refractivity contribution in [1.29, 1.82) is 0 Å². The molecular weight excluding hydrogens is 246 g/mol. The van der Waals surface area contributed by atoms with Crippen molar-refractivity contribution in [2.75, 3.05) is 10.6 Å². The average Bonchev–Trinajstić information content (AvgIpc) is 2.75. The first-order valence-corrected chi connectivity index (χ1v) is 6.54. The van der Waals surface area contributed by atoms with Crippen LogP contribution in [-0.2, 0) is 11.3 Å². The zero-order valence-electron chi connectivity index (χ0n) is 10.4. The minimum absolute atomic E-state index is 0.0489. The summed E-state index contributed by atoms with van der Waals surface area (Å²) in [4.78, 5) is 16.4. The second kappa shape index (κ2) is 5.64. The zero-order chi connectivity index (χ0) is 13.0. The van der Waals surface area contributed by atoms with Crippen LogP contribution < -0.4 is 10.6 Å². The molecule has 94 valence electrons. The predicted molar refractivity (Wildman–Crippen MR) is 74.9 cm³/mol. The van der Waals surface area contributed by atoms with Gasteiger partial charge >= 0.3 is 0 Å². The van der Waals surface area contributed by atoms with Gasteiger partial charge in [-0.3, -0.25) is 9.78 Å². The highest BCUT2D eigenvalue weighted by Crippen LogP contribution is 2.23. The molecule has 5 heteroatoms. The van der Waals surface area contributed by atoms with E-state index in [9.17, 15) is 4.79 Å². The maximum absolute atomic E-state index is 11.1. The van der Waals surface area contributed by atoms with Gasteiger partial charge in [-0.2, -0.15) is 0 Å². The third-order valence-corrected chi connectivity index (χ3v) is 3.42. The van der Waals surface area contributed by atoms with Gasteiger partial charge < -0.3 is 10.6 Å². The molecule has 1 amide bonds. The molecular formula is C13H15N3OS. The summed E-state index contributed by atoms with van der Waals surface area (Å²) in [6, 6.07) is 5.81. The monoisotopic (exact) mass is 261 g/mol. The number of rotatable bonds is 4. The molecule has 0 spiro atoms. The van der Waals surface area contributed by atoms with Crippen molar-refractivity contribution in [3.8, 4) is 0 Å². The maximum atomic E-state index is 11.1. The van der Waals surface area contributed by atoms with Gasteiger partial charge in [0.05, 0.1) is 23.6 Å². The molecule has 0 fully saturated rings. The molecule has 18 heavy (non-hydrogen) atoms. The standard InChI is InChI=1S/C13H15N3OS/c1-9-11(4-3-6-14-9)15-8-13-12(5-7-18-13)16-10(2)17/h3-7,15H,8H2,1-2H3,(H,16,17). The van der Waals surface area contributed by atoms with E-state index in [1.165, 1.54) is 6.92 Å². The van der Waals surface area contributed by atoms with E-state index < -0.39 is 0 Å². The van der Waals surface area contributed by atoms with E-state index in [-0.39, 0.29) is 5.91 Å². The van der Waals surface area contributed by atoms with Gasteiger partial charge in [-0.25, -0.2) is 0 Å². The number of aryl methyl sites for hydroxylation is 1. The maximum Gasteiger partial charge on any atom is 0.221 e. The minimum atomic E-state index is -0.0489. The van der Waals surface area contributed by atoms with Crippen LogP contribution in [0.5, 0.6) is 0 Å². The van der Waals surface area contributed by atoms with Crippen LogP contribution >= 0.6 is 11.3 Å². The van der Waals surface area contributed by atoms with Crippen LogP contribution in [0.25, 0.3) is 0 Å². The Kier molecular flexibility index (Phi) is 3.94. The van der Waals surface area contributed by atoms with Crippen LogP contribution in [-0.4, -0.2) is 10.9 Å². The number of nitrogens with one attached hydrogen (secondary N) is 2. The zero-order valence-corrected chi connectivity index (χ0v) is 11.2. The smallest absolute Gasteiger partial charge is 0.221 e. The summed E-state index contributed by atoms with van der Waals surface area (Å²) in [5.74, 6) is -0.0489. The fraction of sp³-hybridized carbons (Fsp3) is 0.231. The molecule has 0 aliphatic carbocycles. The third kappa shape index (κ3) is 3.07. The van der Waals surface area contributed by atoms with E-state index in [1.54, 1.807) is 17.5 Å². The summed E-state index contributed by atoms with van der Waals surface area (Å²) in [6.07, 6.45) is 1.77. The summed E-state index contributed by atoms with van der Waals surface area (Å²) in [5.41, 5.74) is 2.86. The Hall–Kier alpha value is -1.88. The summed E-state index contributed by atoms with van der Waals surface area (Å²) in [6.45, 7) is 4.16. The Labute approximate surface area is 110 Å². The number of carbonyl (C=O) groups excluding carboxylic acids is 1. The molecule has 0 aromatic carbocycles. The van der Waals surface area contributed by atoms with E-state index in [0.717, 1.165) is 21.9 Å². The summed E-state index contributed by atoms with van der Waals surface area (Å²) in [5, 5.41) is 8.12.